The summed E-state index contributed by atoms with van der Waals surface area (Å²) in [4.78, 5) is 40.1. The third kappa shape index (κ3) is 7.32. The van der Waals surface area contributed by atoms with Crippen LogP contribution in [0, 0.1) is 12.3 Å². The first-order chi connectivity index (χ1) is 14.3. The number of rotatable bonds is 6. The minimum absolute atomic E-state index is 0.0884. The second-order valence-electron chi connectivity index (χ2n) is 9.76. The lowest BCUT2D eigenvalue weighted by atomic mass is 9.96. The van der Waals surface area contributed by atoms with E-state index in [0.717, 1.165) is 12.8 Å². The highest BCUT2D eigenvalue weighted by molar-refractivity contribution is 5.91. The van der Waals surface area contributed by atoms with Gasteiger partial charge in [0, 0.05) is 17.1 Å². The highest BCUT2D eigenvalue weighted by atomic mass is 16.6. The fourth-order valence-corrected chi connectivity index (χ4v) is 3.19. The number of benzene rings is 1. The number of amides is 3. The van der Waals surface area contributed by atoms with Crippen LogP contribution in [0.4, 0.5) is 4.79 Å². The maximum atomic E-state index is 13.3. The van der Waals surface area contributed by atoms with Crippen molar-refractivity contribution >= 4 is 17.9 Å². The molecule has 7 heteroatoms. The molecule has 0 radical (unpaired) electrons. The maximum absolute atomic E-state index is 13.3. The molecule has 1 aromatic carbocycles. The molecule has 1 aliphatic rings. The van der Waals surface area contributed by atoms with Gasteiger partial charge in [0.1, 0.15) is 18.2 Å². The molecule has 168 valence electrons. The molecular weight excluding hydrogens is 394 g/mol. The van der Waals surface area contributed by atoms with Gasteiger partial charge in [-0.1, -0.05) is 24.1 Å². The highest BCUT2D eigenvalue weighted by Gasteiger charge is 2.42. The molecule has 7 nitrogen and oxygen atoms in total. The van der Waals surface area contributed by atoms with Gasteiger partial charge in [0.15, 0.2) is 0 Å². The largest absolute Gasteiger partial charge is 0.444 e. The van der Waals surface area contributed by atoms with Crippen molar-refractivity contribution in [2.45, 2.75) is 77.6 Å². The van der Waals surface area contributed by atoms with Crippen LogP contribution < -0.4 is 10.6 Å². The van der Waals surface area contributed by atoms with Gasteiger partial charge in [0.2, 0.25) is 11.8 Å². The molecule has 0 saturated heterocycles. The molecular formula is C24H33N3O4. The van der Waals surface area contributed by atoms with Crippen molar-refractivity contribution in [3.63, 3.8) is 0 Å². The van der Waals surface area contributed by atoms with Crippen LogP contribution in [-0.4, -0.2) is 46.5 Å². The summed E-state index contributed by atoms with van der Waals surface area (Å²) in [6.07, 6.45) is 6.57. The van der Waals surface area contributed by atoms with E-state index in [4.69, 9.17) is 11.2 Å². The normalized spacial score (nSPS) is 14.7. The number of hydrogen-bond acceptors (Lipinski definition) is 4. The lowest BCUT2D eigenvalue weighted by Crippen LogP contribution is -2.52. The molecule has 2 rings (SSSR count). The van der Waals surface area contributed by atoms with E-state index in [1.54, 1.807) is 49.9 Å². The smallest absolute Gasteiger partial charge is 0.408 e. The van der Waals surface area contributed by atoms with Gasteiger partial charge in [-0.3, -0.25) is 9.59 Å². The van der Waals surface area contributed by atoms with Crippen LogP contribution in [0.2, 0.25) is 0 Å². The van der Waals surface area contributed by atoms with Crippen molar-refractivity contribution in [3.8, 4) is 12.3 Å². The van der Waals surface area contributed by atoms with E-state index in [1.807, 2.05) is 20.8 Å². The summed E-state index contributed by atoms with van der Waals surface area (Å²) in [6.45, 7) is 10.6. The third-order valence-corrected chi connectivity index (χ3v) is 4.45. The number of nitrogens with one attached hydrogen (secondary N) is 2. The molecule has 2 N–H and O–H groups in total. The van der Waals surface area contributed by atoms with Gasteiger partial charge in [-0.25, -0.2) is 4.79 Å². The summed E-state index contributed by atoms with van der Waals surface area (Å²) in [5, 5.41) is 5.47. The number of alkyl carbamates (subject to hydrolysis) is 1. The predicted molar refractivity (Wildman–Crippen MR) is 119 cm³/mol. The second-order valence-corrected chi connectivity index (χ2v) is 9.76. The van der Waals surface area contributed by atoms with Gasteiger partial charge in [0.25, 0.3) is 0 Å². The lowest BCUT2D eigenvalue weighted by molar-refractivity contribution is -0.141. The topological polar surface area (TPSA) is 87.7 Å². The fourth-order valence-electron chi connectivity index (χ4n) is 3.19. The first-order valence-corrected chi connectivity index (χ1v) is 10.5. The van der Waals surface area contributed by atoms with Crippen molar-refractivity contribution < 1.29 is 19.1 Å². The molecule has 0 heterocycles. The minimum Gasteiger partial charge on any atom is -0.444 e. The van der Waals surface area contributed by atoms with Gasteiger partial charge in [-0.05, 0) is 66.0 Å². The van der Waals surface area contributed by atoms with Gasteiger partial charge in [0.05, 0.1) is 0 Å². The Morgan fingerprint density at radius 1 is 1.16 bits per heavy atom. The van der Waals surface area contributed by atoms with Crippen LogP contribution in [0.1, 0.15) is 71.6 Å². The van der Waals surface area contributed by atoms with Crippen LogP contribution >= 0.6 is 0 Å². The molecule has 0 aromatic heterocycles. The van der Waals surface area contributed by atoms with Crippen LogP contribution in [-0.2, 0) is 14.3 Å². The molecule has 0 spiro atoms. The van der Waals surface area contributed by atoms with E-state index in [9.17, 15) is 14.4 Å². The van der Waals surface area contributed by atoms with E-state index in [0.29, 0.717) is 11.1 Å². The van der Waals surface area contributed by atoms with E-state index in [1.165, 1.54) is 0 Å². The van der Waals surface area contributed by atoms with Gasteiger partial charge >= 0.3 is 6.09 Å². The van der Waals surface area contributed by atoms with Crippen LogP contribution in [0.25, 0.3) is 0 Å². The Morgan fingerprint density at radius 2 is 1.77 bits per heavy atom. The SMILES string of the molecule is C#Cc1ccccc1C(C(=O)NC(C)(C)C)N(C(=O)CNC(=O)OC(C)(C)C)C1CC1. The summed E-state index contributed by atoms with van der Waals surface area (Å²) in [7, 11) is 0. The highest BCUT2D eigenvalue weighted by Crippen LogP contribution is 2.36. The predicted octanol–water partition coefficient (Wildman–Crippen LogP) is 3.14. The molecule has 0 bridgehead atoms. The first-order valence-electron chi connectivity index (χ1n) is 10.5. The second kappa shape index (κ2) is 9.42. The molecule has 1 saturated carbocycles. The van der Waals surface area contributed by atoms with Gasteiger partial charge in [-0.15, -0.1) is 6.42 Å². The number of nitrogens with zero attached hydrogens (tertiary/aromatic N) is 1. The van der Waals surface area contributed by atoms with Crippen LogP contribution in [0.3, 0.4) is 0 Å². The lowest BCUT2D eigenvalue weighted by Gasteiger charge is -2.34. The number of ether oxygens (including phenoxy) is 1. The third-order valence-electron chi connectivity index (χ3n) is 4.45. The van der Waals surface area contributed by atoms with E-state index < -0.39 is 23.3 Å². The Labute approximate surface area is 184 Å². The maximum Gasteiger partial charge on any atom is 0.408 e. The Bertz CT molecular complexity index is 870. The average molecular weight is 428 g/mol. The van der Waals surface area contributed by atoms with Gasteiger partial charge < -0.3 is 20.3 Å². The molecule has 1 atom stereocenters. The standard InChI is InChI=1S/C24H33N3O4/c1-8-16-11-9-10-12-18(16)20(21(29)26-23(2,3)4)27(17-13-14-17)19(28)15-25-22(30)31-24(5,6)7/h1,9-12,17,20H,13-15H2,2-7H3,(H,25,30)(H,26,29). The Kier molecular flexibility index (Phi) is 7.37. The van der Waals surface area contributed by atoms with Crippen molar-refractivity contribution in [3.05, 3.63) is 35.4 Å². The molecule has 1 aromatic rings. The number of terminal acetylenes is 1. The molecule has 1 unspecified atom stereocenters. The van der Waals surface area contributed by atoms with Crippen LogP contribution in [0.15, 0.2) is 24.3 Å². The Hall–Kier alpha value is -3.01. The summed E-state index contributed by atoms with van der Waals surface area (Å²) < 4.78 is 5.21. The van der Waals surface area contributed by atoms with Crippen molar-refractivity contribution in [1.29, 1.82) is 0 Å². The van der Waals surface area contributed by atoms with E-state index >= 15 is 0 Å². The molecule has 1 aliphatic carbocycles. The van der Waals surface area contributed by atoms with Crippen LogP contribution in [0.5, 0.6) is 0 Å². The average Bonchev–Trinajstić information content (AvgIpc) is 3.46. The summed E-state index contributed by atoms with van der Waals surface area (Å²) in [5.74, 6) is 1.94. The Balaban J connectivity index is 2.34. The summed E-state index contributed by atoms with van der Waals surface area (Å²) in [6, 6.07) is 6.13. The van der Waals surface area contributed by atoms with Crippen molar-refractivity contribution in [2.75, 3.05) is 6.54 Å². The molecule has 0 aliphatic heterocycles. The summed E-state index contributed by atoms with van der Waals surface area (Å²) >= 11 is 0. The number of carbonyl (C=O) groups is 3. The first kappa shape index (κ1) is 24.3. The van der Waals surface area contributed by atoms with Gasteiger partial charge in [-0.2, -0.15) is 0 Å². The Morgan fingerprint density at radius 3 is 2.29 bits per heavy atom. The zero-order chi connectivity index (χ0) is 23.4. The quantitative estimate of drug-likeness (QED) is 0.683. The van der Waals surface area contributed by atoms with Crippen molar-refractivity contribution in [2.24, 2.45) is 0 Å². The molecule has 1 fully saturated rings. The van der Waals surface area contributed by atoms with E-state index in [2.05, 4.69) is 16.6 Å². The monoisotopic (exact) mass is 427 g/mol. The zero-order valence-corrected chi connectivity index (χ0v) is 19.2. The van der Waals surface area contributed by atoms with E-state index in [-0.39, 0.29) is 24.4 Å². The number of carbonyl (C=O) groups excluding carboxylic acids is 3. The summed E-state index contributed by atoms with van der Waals surface area (Å²) in [5.41, 5.74) is -0.0307. The number of hydrogen-bond donors (Lipinski definition) is 2. The molecule has 3 amide bonds. The zero-order valence-electron chi connectivity index (χ0n) is 19.2. The fraction of sp³-hybridized carbons (Fsp3) is 0.542. The van der Waals surface area contributed by atoms with Crippen molar-refractivity contribution in [1.82, 2.24) is 15.5 Å². The molecule has 31 heavy (non-hydrogen) atoms. The minimum atomic E-state index is -0.896.